The zero-order valence-electron chi connectivity index (χ0n) is 15.5. The van der Waals surface area contributed by atoms with Crippen molar-refractivity contribution in [1.29, 1.82) is 0 Å². The van der Waals surface area contributed by atoms with Crippen LogP contribution in [0.5, 0.6) is 0 Å². The molecule has 3 rings (SSSR count). The largest absolute Gasteiger partial charge is 0.381 e. The highest BCUT2D eigenvalue weighted by atomic mass is 32.2. The molecule has 1 saturated heterocycles. The zero-order chi connectivity index (χ0) is 18.6. The molecule has 7 heteroatoms. The van der Waals surface area contributed by atoms with Gasteiger partial charge in [0.2, 0.25) is 0 Å². The number of nitrogens with one attached hydrogen (secondary N) is 1. The molecule has 6 nitrogen and oxygen atoms in total. The third-order valence-corrected chi connectivity index (χ3v) is 7.21. The van der Waals surface area contributed by atoms with Gasteiger partial charge in [-0.3, -0.25) is 9.78 Å². The van der Waals surface area contributed by atoms with Crippen LogP contribution in [0.2, 0.25) is 0 Å². The number of hydrogen-bond acceptors (Lipinski definition) is 5. The van der Waals surface area contributed by atoms with Gasteiger partial charge in [-0.15, -0.1) is 0 Å². The van der Waals surface area contributed by atoms with E-state index >= 15 is 0 Å². The van der Waals surface area contributed by atoms with Crippen LogP contribution in [0.4, 0.5) is 5.69 Å². The van der Waals surface area contributed by atoms with E-state index in [-0.39, 0.29) is 23.5 Å². The minimum absolute atomic E-state index is 0.0695. The molecule has 2 heterocycles. The molecule has 26 heavy (non-hydrogen) atoms. The summed E-state index contributed by atoms with van der Waals surface area (Å²) < 4.78 is 23.5. The summed E-state index contributed by atoms with van der Waals surface area (Å²) in [6, 6.07) is 2.06. The van der Waals surface area contributed by atoms with Gasteiger partial charge in [0.05, 0.1) is 22.8 Å². The van der Waals surface area contributed by atoms with Crippen LogP contribution >= 0.6 is 0 Å². The summed E-state index contributed by atoms with van der Waals surface area (Å²) in [6.07, 6.45) is 11.2. The van der Waals surface area contributed by atoms with Gasteiger partial charge in [0.25, 0.3) is 5.91 Å². The van der Waals surface area contributed by atoms with Crippen LogP contribution in [0.15, 0.2) is 18.5 Å². The number of amides is 1. The molecule has 1 aromatic rings. The monoisotopic (exact) mass is 379 g/mol. The maximum atomic E-state index is 12.9. The Balaban J connectivity index is 1.70. The van der Waals surface area contributed by atoms with Crippen molar-refractivity contribution in [2.45, 2.75) is 64.0 Å². The van der Waals surface area contributed by atoms with Crippen molar-refractivity contribution >= 4 is 21.4 Å². The van der Waals surface area contributed by atoms with Crippen LogP contribution < -0.4 is 5.32 Å². The average Bonchev–Trinajstić information content (AvgIpc) is 2.82. The predicted molar refractivity (Wildman–Crippen MR) is 103 cm³/mol. The van der Waals surface area contributed by atoms with Crippen molar-refractivity contribution in [3.05, 3.63) is 24.0 Å². The number of hydrogen-bond donors (Lipinski definition) is 1. The van der Waals surface area contributed by atoms with Gasteiger partial charge in [-0.1, -0.05) is 25.7 Å². The molecule has 0 bridgehead atoms. The van der Waals surface area contributed by atoms with Crippen molar-refractivity contribution in [3.63, 3.8) is 0 Å². The molecule has 2 fully saturated rings. The Hall–Kier alpha value is -1.63. The van der Waals surface area contributed by atoms with Gasteiger partial charge in [-0.2, -0.15) is 0 Å². The summed E-state index contributed by atoms with van der Waals surface area (Å²) in [7, 11) is -3.02. The lowest BCUT2D eigenvalue weighted by Crippen LogP contribution is -2.41. The Morgan fingerprint density at radius 1 is 1.19 bits per heavy atom. The van der Waals surface area contributed by atoms with Crippen LogP contribution in [0, 0.1) is 0 Å². The Morgan fingerprint density at radius 2 is 1.92 bits per heavy atom. The van der Waals surface area contributed by atoms with Crippen molar-refractivity contribution in [3.8, 4) is 0 Å². The molecule has 1 aliphatic carbocycles. The maximum Gasteiger partial charge on any atom is 0.255 e. The summed E-state index contributed by atoms with van der Waals surface area (Å²) in [5, 5.41) is 3.53. The summed E-state index contributed by atoms with van der Waals surface area (Å²) >= 11 is 0. The number of nitrogens with zero attached hydrogens (tertiary/aromatic N) is 2. The number of rotatable bonds is 5. The standard InChI is InChI=1S/C19H29N3O3S/c1-2-22(18-9-10-26(24,25)14-18)19(23)15-11-17(13-20-12-15)21-16-7-5-3-4-6-8-16/h11-13,16,18,21H,2-10,14H2,1H3. The number of anilines is 1. The van der Waals surface area contributed by atoms with E-state index in [0.29, 0.717) is 24.6 Å². The van der Waals surface area contributed by atoms with Gasteiger partial charge in [-0.25, -0.2) is 8.42 Å². The molecule has 0 spiro atoms. The Labute approximate surface area is 156 Å². The van der Waals surface area contributed by atoms with Crippen LogP contribution in [-0.4, -0.2) is 54.3 Å². The fourth-order valence-corrected chi connectivity index (χ4v) is 5.78. The van der Waals surface area contributed by atoms with Crippen LogP contribution in [0.3, 0.4) is 0 Å². The zero-order valence-corrected chi connectivity index (χ0v) is 16.3. The van der Waals surface area contributed by atoms with Crippen molar-refractivity contribution in [2.75, 3.05) is 23.4 Å². The number of carbonyl (C=O) groups is 1. The lowest BCUT2D eigenvalue weighted by atomic mass is 10.1. The van der Waals surface area contributed by atoms with Crippen molar-refractivity contribution in [2.24, 2.45) is 0 Å². The summed E-state index contributed by atoms with van der Waals surface area (Å²) in [5.41, 5.74) is 1.40. The van der Waals surface area contributed by atoms with Gasteiger partial charge in [0.15, 0.2) is 9.84 Å². The molecular weight excluding hydrogens is 350 g/mol. The highest BCUT2D eigenvalue weighted by molar-refractivity contribution is 7.91. The van der Waals surface area contributed by atoms with Crippen LogP contribution in [0.25, 0.3) is 0 Å². The fraction of sp³-hybridized carbons (Fsp3) is 0.684. The molecule has 1 aliphatic heterocycles. The van der Waals surface area contributed by atoms with Gasteiger partial charge in [0, 0.05) is 31.0 Å². The average molecular weight is 380 g/mol. The minimum Gasteiger partial charge on any atom is -0.381 e. The molecule has 1 saturated carbocycles. The van der Waals surface area contributed by atoms with E-state index < -0.39 is 9.84 Å². The SMILES string of the molecule is CCN(C(=O)c1cncc(NC2CCCCCC2)c1)C1CCS(=O)(=O)C1. The maximum absolute atomic E-state index is 12.9. The highest BCUT2D eigenvalue weighted by Crippen LogP contribution is 2.23. The molecule has 1 atom stereocenters. The van der Waals surface area contributed by atoms with Crippen LogP contribution in [-0.2, 0) is 9.84 Å². The summed E-state index contributed by atoms with van der Waals surface area (Å²) in [5.74, 6) is 0.106. The molecule has 1 aromatic heterocycles. The molecule has 2 aliphatic rings. The van der Waals surface area contributed by atoms with Crippen molar-refractivity contribution < 1.29 is 13.2 Å². The second kappa shape index (κ2) is 8.37. The summed E-state index contributed by atoms with van der Waals surface area (Å²) in [6.45, 7) is 2.39. The third-order valence-electron chi connectivity index (χ3n) is 5.46. The van der Waals surface area contributed by atoms with Gasteiger partial charge in [0.1, 0.15) is 0 Å². The second-order valence-electron chi connectivity index (χ2n) is 7.44. The third kappa shape index (κ3) is 4.75. The first-order valence-electron chi connectivity index (χ1n) is 9.71. The lowest BCUT2D eigenvalue weighted by Gasteiger charge is -2.27. The van der Waals surface area contributed by atoms with E-state index in [1.54, 1.807) is 17.3 Å². The predicted octanol–water partition coefficient (Wildman–Crippen LogP) is 2.87. The fourth-order valence-electron chi connectivity index (χ4n) is 4.05. The minimum atomic E-state index is -3.02. The van der Waals surface area contributed by atoms with Crippen LogP contribution in [0.1, 0.15) is 62.2 Å². The first kappa shape index (κ1) is 19.1. The molecule has 1 amide bonds. The van der Waals surface area contributed by atoms with Crippen molar-refractivity contribution in [1.82, 2.24) is 9.88 Å². The quantitative estimate of drug-likeness (QED) is 0.796. The lowest BCUT2D eigenvalue weighted by molar-refractivity contribution is 0.0708. The Morgan fingerprint density at radius 3 is 2.54 bits per heavy atom. The van der Waals surface area contributed by atoms with E-state index in [0.717, 1.165) is 18.5 Å². The smallest absolute Gasteiger partial charge is 0.255 e. The first-order valence-corrected chi connectivity index (χ1v) is 11.5. The van der Waals surface area contributed by atoms with E-state index in [2.05, 4.69) is 10.3 Å². The molecule has 1 N–H and O–H groups in total. The normalized spacial score (nSPS) is 23.3. The topological polar surface area (TPSA) is 79.4 Å². The molecule has 1 unspecified atom stereocenters. The van der Waals surface area contributed by atoms with Gasteiger partial charge in [-0.05, 0) is 32.3 Å². The Kier molecular flexibility index (Phi) is 6.16. The molecule has 144 valence electrons. The molecule has 0 aromatic carbocycles. The Bertz CT molecular complexity index is 727. The van der Waals surface area contributed by atoms with E-state index in [9.17, 15) is 13.2 Å². The molecular formula is C19H29N3O3S. The molecule has 0 radical (unpaired) electrons. The van der Waals surface area contributed by atoms with Gasteiger partial charge >= 0.3 is 0 Å². The van der Waals surface area contributed by atoms with E-state index in [4.69, 9.17) is 0 Å². The number of carbonyl (C=O) groups excluding carboxylic acids is 1. The highest BCUT2D eigenvalue weighted by Gasteiger charge is 2.34. The number of pyridine rings is 1. The number of aromatic nitrogens is 1. The second-order valence-corrected chi connectivity index (χ2v) is 9.67. The van der Waals surface area contributed by atoms with Gasteiger partial charge < -0.3 is 10.2 Å². The van der Waals surface area contributed by atoms with E-state index in [1.807, 2.05) is 13.0 Å². The first-order chi connectivity index (χ1) is 12.5. The number of sulfone groups is 1. The van der Waals surface area contributed by atoms with E-state index in [1.165, 1.54) is 25.7 Å². The summed E-state index contributed by atoms with van der Waals surface area (Å²) in [4.78, 5) is 18.9.